The summed E-state index contributed by atoms with van der Waals surface area (Å²) in [7, 11) is 0. The molecule has 2 aromatic rings. The summed E-state index contributed by atoms with van der Waals surface area (Å²) < 4.78 is 5.59. The number of anilines is 1. The van der Waals surface area contributed by atoms with Crippen molar-refractivity contribution in [3.63, 3.8) is 0 Å². The summed E-state index contributed by atoms with van der Waals surface area (Å²) in [5, 5.41) is 4.73. The molecule has 0 bridgehead atoms. The van der Waals surface area contributed by atoms with Gasteiger partial charge in [0, 0.05) is 18.7 Å². The Labute approximate surface area is 119 Å². The summed E-state index contributed by atoms with van der Waals surface area (Å²) in [4.78, 5) is 27.3. The zero-order chi connectivity index (χ0) is 14.1. The van der Waals surface area contributed by atoms with Crippen molar-refractivity contribution >= 4 is 28.2 Å². The first-order valence-electron chi connectivity index (χ1n) is 6.15. The topological polar surface area (TPSA) is 68.3 Å². The molecule has 0 saturated carbocycles. The third-order valence-electron chi connectivity index (χ3n) is 3.03. The maximum Gasteiger partial charge on any atom is 0.267 e. The highest BCUT2D eigenvalue weighted by Crippen LogP contribution is 2.28. The molecular weight excluding hydrogens is 276 g/mol. The number of nitrogens with one attached hydrogen (secondary N) is 1. The fourth-order valence-corrected chi connectivity index (χ4v) is 2.76. The van der Waals surface area contributed by atoms with Gasteiger partial charge in [0.05, 0.1) is 0 Å². The number of carbonyl (C=O) groups is 2. The van der Waals surface area contributed by atoms with Crippen molar-refractivity contribution in [2.75, 3.05) is 5.32 Å². The van der Waals surface area contributed by atoms with Gasteiger partial charge in [-0.3, -0.25) is 14.9 Å². The van der Waals surface area contributed by atoms with E-state index in [4.69, 9.17) is 4.74 Å². The van der Waals surface area contributed by atoms with E-state index in [0.717, 1.165) is 11.3 Å². The molecule has 1 atom stereocenters. The number of carbonyl (C=O) groups excluding carboxylic acids is 2. The average Bonchev–Trinajstić information content (AvgIpc) is 3.04. The van der Waals surface area contributed by atoms with Gasteiger partial charge in [-0.25, -0.2) is 4.98 Å². The molecule has 0 saturated heterocycles. The van der Waals surface area contributed by atoms with Crippen LogP contribution in [-0.2, 0) is 11.2 Å². The van der Waals surface area contributed by atoms with Crippen LogP contribution in [0.3, 0.4) is 0 Å². The standard InChI is InChI=1S/C14H12N2O3S/c1-8(17)10-7-20-14(15-10)16-13(18)12-6-9-4-2-3-5-11(9)19-12/h2-5,7,12H,6H2,1H3,(H,15,16,18). The lowest BCUT2D eigenvalue weighted by Crippen LogP contribution is -2.31. The number of thiazole rings is 1. The molecule has 3 rings (SSSR count). The number of para-hydroxylation sites is 1. The summed E-state index contributed by atoms with van der Waals surface area (Å²) in [6, 6.07) is 7.58. The van der Waals surface area contributed by atoms with Crippen LogP contribution in [0.2, 0.25) is 0 Å². The average molecular weight is 288 g/mol. The minimum absolute atomic E-state index is 0.119. The van der Waals surface area contributed by atoms with E-state index in [9.17, 15) is 9.59 Å². The van der Waals surface area contributed by atoms with E-state index in [1.165, 1.54) is 18.3 Å². The maximum absolute atomic E-state index is 12.1. The summed E-state index contributed by atoms with van der Waals surface area (Å²) in [6.45, 7) is 1.44. The largest absolute Gasteiger partial charge is 0.480 e. The third-order valence-corrected chi connectivity index (χ3v) is 3.79. The molecule has 0 fully saturated rings. The number of fused-ring (bicyclic) bond motifs is 1. The zero-order valence-corrected chi connectivity index (χ0v) is 11.6. The summed E-state index contributed by atoms with van der Waals surface area (Å²) in [6.07, 6.45) is 0.00419. The van der Waals surface area contributed by atoms with E-state index >= 15 is 0 Å². The van der Waals surface area contributed by atoms with Crippen LogP contribution in [0, 0.1) is 0 Å². The number of rotatable bonds is 3. The van der Waals surface area contributed by atoms with Gasteiger partial charge < -0.3 is 4.74 Å². The molecule has 0 radical (unpaired) electrons. The molecule has 1 aliphatic rings. The van der Waals surface area contributed by atoms with Gasteiger partial charge in [-0.1, -0.05) is 18.2 Å². The molecule has 1 amide bonds. The molecule has 1 aliphatic heterocycles. The fraction of sp³-hybridized carbons (Fsp3) is 0.214. The second-order valence-corrected chi connectivity index (χ2v) is 5.36. The molecule has 20 heavy (non-hydrogen) atoms. The van der Waals surface area contributed by atoms with Crippen LogP contribution in [0.5, 0.6) is 5.75 Å². The number of nitrogens with zero attached hydrogens (tertiary/aromatic N) is 1. The zero-order valence-electron chi connectivity index (χ0n) is 10.8. The lowest BCUT2D eigenvalue weighted by Gasteiger charge is -2.09. The Bertz CT molecular complexity index is 656. The van der Waals surface area contributed by atoms with E-state index in [1.54, 1.807) is 5.38 Å². The molecular formula is C14H12N2O3S. The van der Waals surface area contributed by atoms with Crippen molar-refractivity contribution in [3.8, 4) is 5.75 Å². The lowest BCUT2D eigenvalue weighted by atomic mass is 10.1. The molecule has 1 N–H and O–H groups in total. The van der Waals surface area contributed by atoms with Crippen molar-refractivity contribution in [2.24, 2.45) is 0 Å². The van der Waals surface area contributed by atoms with E-state index in [1.807, 2.05) is 24.3 Å². The molecule has 0 aliphatic carbocycles. The number of ketones is 1. The minimum Gasteiger partial charge on any atom is -0.480 e. The van der Waals surface area contributed by atoms with Crippen LogP contribution in [-0.4, -0.2) is 22.8 Å². The highest BCUT2D eigenvalue weighted by atomic mass is 32.1. The monoisotopic (exact) mass is 288 g/mol. The van der Waals surface area contributed by atoms with Gasteiger partial charge in [0.1, 0.15) is 11.4 Å². The second kappa shape index (κ2) is 5.05. The maximum atomic E-state index is 12.1. The lowest BCUT2D eigenvalue weighted by molar-refractivity contribution is -0.122. The Balaban J connectivity index is 1.67. The third kappa shape index (κ3) is 2.42. The molecule has 1 aromatic heterocycles. The fourth-order valence-electron chi connectivity index (χ4n) is 2.01. The number of Topliss-reactive ketones (excluding diaryl/α,β-unsaturated/α-hetero) is 1. The quantitative estimate of drug-likeness (QED) is 0.880. The highest BCUT2D eigenvalue weighted by molar-refractivity contribution is 7.14. The molecule has 102 valence electrons. The van der Waals surface area contributed by atoms with Gasteiger partial charge in [0.25, 0.3) is 5.91 Å². The van der Waals surface area contributed by atoms with Crippen LogP contribution in [0.4, 0.5) is 5.13 Å². The van der Waals surface area contributed by atoms with Gasteiger partial charge in [-0.05, 0) is 11.6 Å². The molecule has 1 unspecified atom stereocenters. The van der Waals surface area contributed by atoms with Crippen LogP contribution < -0.4 is 10.1 Å². The Hall–Kier alpha value is -2.21. The first kappa shape index (κ1) is 12.8. The smallest absolute Gasteiger partial charge is 0.267 e. The highest BCUT2D eigenvalue weighted by Gasteiger charge is 2.29. The predicted molar refractivity (Wildman–Crippen MR) is 75.3 cm³/mol. The second-order valence-electron chi connectivity index (χ2n) is 4.50. The molecule has 1 aromatic carbocycles. The van der Waals surface area contributed by atoms with Crippen LogP contribution in [0.15, 0.2) is 29.6 Å². The number of ether oxygens (including phenoxy) is 1. The summed E-state index contributed by atoms with van der Waals surface area (Å²) >= 11 is 1.23. The summed E-state index contributed by atoms with van der Waals surface area (Å²) in [5.74, 6) is 0.383. The predicted octanol–water partition coefficient (Wildman–Crippen LogP) is 2.29. The number of aromatic nitrogens is 1. The minimum atomic E-state index is -0.544. The first-order chi connectivity index (χ1) is 9.63. The Morgan fingerprint density at radius 1 is 1.40 bits per heavy atom. The van der Waals surface area contributed by atoms with Gasteiger partial charge in [-0.15, -0.1) is 11.3 Å². The Morgan fingerprint density at radius 3 is 2.90 bits per heavy atom. The normalized spacial score (nSPS) is 16.4. The van der Waals surface area contributed by atoms with E-state index in [0.29, 0.717) is 17.2 Å². The molecule has 5 nitrogen and oxygen atoms in total. The number of hydrogen-bond donors (Lipinski definition) is 1. The number of amides is 1. The number of benzene rings is 1. The van der Waals surface area contributed by atoms with Crippen molar-refractivity contribution in [3.05, 3.63) is 40.9 Å². The first-order valence-corrected chi connectivity index (χ1v) is 7.03. The van der Waals surface area contributed by atoms with Gasteiger partial charge in [-0.2, -0.15) is 0 Å². The molecule has 2 heterocycles. The van der Waals surface area contributed by atoms with Crippen LogP contribution >= 0.6 is 11.3 Å². The van der Waals surface area contributed by atoms with E-state index in [-0.39, 0.29) is 11.7 Å². The van der Waals surface area contributed by atoms with Crippen molar-refractivity contribution in [1.82, 2.24) is 4.98 Å². The van der Waals surface area contributed by atoms with Crippen LogP contribution in [0.1, 0.15) is 23.0 Å². The van der Waals surface area contributed by atoms with E-state index < -0.39 is 6.10 Å². The van der Waals surface area contributed by atoms with Gasteiger partial charge >= 0.3 is 0 Å². The van der Waals surface area contributed by atoms with Gasteiger partial charge in [0.15, 0.2) is 17.0 Å². The van der Waals surface area contributed by atoms with Crippen molar-refractivity contribution in [1.29, 1.82) is 0 Å². The molecule has 0 spiro atoms. The Morgan fingerprint density at radius 2 is 2.20 bits per heavy atom. The van der Waals surface area contributed by atoms with Crippen molar-refractivity contribution in [2.45, 2.75) is 19.4 Å². The SMILES string of the molecule is CC(=O)c1csc(NC(=O)C2Cc3ccccc3O2)n1. The van der Waals surface area contributed by atoms with E-state index in [2.05, 4.69) is 10.3 Å². The van der Waals surface area contributed by atoms with Gasteiger partial charge in [0.2, 0.25) is 0 Å². The molecule has 6 heteroatoms. The van der Waals surface area contributed by atoms with Crippen molar-refractivity contribution < 1.29 is 14.3 Å². The number of hydrogen-bond acceptors (Lipinski definition) is 5. The summed E-state index contributed by atoms with van der Waals surface area (Å²) in [5.41, 5.74) is 1.39. The van der Waals surface area contributed by atoms with Crippen LogP contribution in [0.25, 0.3) is 0 Å². The Kier molecular flexibility index (Phi) is 3.23.